The number of hydrogen-bond acceptors (Lipinski definition) is 4. The number of halogens is 1. The van der Waals surface area contributed by atoms with E-state index in [1.165, 1.54) is 12.1 Å². The SMILES string of the molecule is COc1cc(Cn2c(=O)ccc3ccccc32)cc(N2CCN(CCc3ccc(F)cc3)CC2)c1. The van der Waals surface area contributed by atoms with Crippen molar-refractivity contribution in [3.05, 3.63) is 106 Å². The van der Waals surface area contributed by atoms with Crippen LogP contribution in [0.15, 0.2) is 83.7 Å². The number of hydrogen-bond donors (Lipinski definition) is 0. The van der Waals surface area contributed by atoms with Crippen molar-refractivity contribution in [2.24, 2.45) is 0 Å². The Balaban J connectivity index is 1.29. The van der Waals surface area contributed by atoms with E-state index < -0.39 is 0 Å². The van der Waals surface area contributed by atoms with Crippen molar-refractivity contribution in [2.45, 2.75) is 13.0 Å². The van der Waals surface area contributed by atoms with E-state index in [2.05, 4.69) is 21.9 Å². The predicted molar refractivity (Wildman–Crippen MR) is 139 cm³/mol. The molecule has 0 atom stereocenters. The maximum atomic E-state index is 13.1. The normalized spacial score (nSPS) is 14.4. The van der Waals surface area contributed by atoms with Crippen molar-refractivity contribution in [3.63, 3.8) is 0 Å². The molecule has 180 valence electrons. The van der Waals surface area contributed by atoms with Crippen LogP contribution in [0.4, 0.5) is 10.1 Å². The van der Waals surface area contributed by atoms with Crippen LogP contribution < -0.4 is 15.2 Å². The van der Waals surface area contributed by atoms with E-state index in [-0.39, 0.29) is 11.4 Å². The molecule has 2 heterocycles. The number of ether oxygens (including phenoxy) is 1. The number of nitrogens with zero attached hydrogens (tertiary/aromatic N) is 3. The van der Waals surface area contributed by atoms with Crippen molar-refractivity contribution in [2.75, 3.05) is 44.7 Å². The molecule has 1 saturated heterocycles. The Hall–Kier alpha value is -3.64. The Morgan fingerprint density at radius 1 is 0.857 bits per heavy atom. The first-order valence-corrected chi connectivity index (χ1v) is 12.1. The molecule has 0 radical (unpaired) electrons. The number of rotatable bonds is 7. The molecule has 3 aromatic carbocycles. The first-order chi connectivity index (χ1) is 17.1. The summed E-state index contributed by atoms with van der Waals surface area (Å²) in [6, 6.07) is 24.5. The Labute approximate surface area is 205 Å². The fraction of sp³-hybridized carbons (Fsp3) is 0.276. The molecule has 5 rings (SSSR count). The lowest BCUT2D eigenvalue weighted by molar-refractivity contribution is 0.261. The highest BCUT2D eigenvalue weighted by molar-refractivity contribution is 5.78. The number of methoxy groups -OCH3 is 1. The molecule has 5 nitrogen and oxygen atoms in total. The second kappa shape index (κ2) is 10.3. The van der Waals surface area contributed by atoms with E-state index in [1.807, 2.05) is 53.1 Å². The smallest absolute Gasteiger partial charge is 0.251 e. The van der Waals surface area contributed by atoms with Crippen LogP contribution in [0.2, 0.25) is 0 Å². The van der Waals surface area contributed by atoms with E-state index >= 15 is 0 Å². The predicted octanol–water partition coefficient (Wildman–Crippen LogP) is 4.56. The van der Waals surface area contributed by atoms with Gasteiger partial charge in [-0.25, -0.2) is 4.39 Å². The van der Waals surface area contributed by atoms with Crippen LogP contribution in [0.1, 0.15) is 11.1 Å². The third-order valence-electron chi connectivity index (χ3n) is 6.79. The second-order valence-electron chi connectivity index (χ2n) is 9.06. The quantitative estimate of drug-likeness (QED) is 0.396. The summed E-state index contributed by atoms with van der Waals surface area (Å²) in [5.41, 5.74) is 4.24. The Morgan fingerprint density at radius 2 is 1.63 bits per heavy atom. The standard InChI is InChI=1S/C29H30FN3O2/c1-35-27-19-23(21-33-28-5-3-2-4-24(28)8-11-29(33)34)18-26(20-27)32-16-14-31(15-17-32)13-12-22-6-9-25(30)10-7-22/h2-11,18-20H,12-17,21H2,1H3. The van der Waals surface area contributed by atoms with E-state index in [4.69, 9.17) is 4.74 Å². The summed E-state index contributed by atoms with van der Waals surface area (Å²) in [4.78, 5) is 17.5. The summed E-state index contributed by atoms with van der Waals surface area (Å²) in [7, 11) is 1.68. The molecule has 0 unspecified atom stereocenters. The highest BCUT2D eigenvalue weighted by atomic mass is 19.1. The minimum atomic E-state index is -0.189. The van der Waals surface area contributed by atoms with Gasteiger partial charge in [0, 0.05) is 50.5 Å². The maximum Gasteiger partial charge on any atom is 0.251 e. The average Bonchev–Trinajstić information content (AvgIpc) is 2.90. The van der Waals surface area contributed by atoms with Crippen molar-refractivity contribution < 1.29 is 9.13 Å². The van der Waals surface area contributed by atoms with Gasteiger partial charge in [0.1, 0.15) is 11.6 Å². The highest BCUT2D eigenvalue weighted by Gasteiger charge is 2.18. The molecule has 1 aliphatic rings. The maximum absolute atomic E-state index is 13.1. The molecular weight excluding hydrogens is 441 g/mol. The lowest BCUT2D eigenvalue weighted by atomic mass is 10.1. The van der Waals surface area contributed by atoms with Gasteiger partial charge in [0.2, 0.25) is 0 Å². The monoisotopic (exact) mass is 471 g/mol. The van der Waals surface area contributed by atoms with Gasteiger partial charge >= 0.3 is 0 Å². The van der Waals surface area contributed by atoms with Crippen LogP contribution in [0.3, 0.4) is 0 Å². The molecule has 6 heteroatoms. The van der Waals surface area contributed by atoms with Gasteiger partial charge in [0.15, 0.2) is 0 Å². The molecule has 1 aromatic heterocycles. The number of para-hydroxylation sites is 1. The molecule has 35 heavy (non-hydrogen) atoms. The van der Waals surface area contributed by atoms with Gasteiger partial charge in [-0.15, -0.1) is 0 Å². The zero-order valence-electron chi connectivity index (χ0n) is 20.0. The number of aromatic nitrogens is 1. The summed E-state index contributed by atoms with van der Waals surface area (Å²) < 4.78 is 20.6. The summed E-state index contributed by atoms with van der Waals surface area (Å²) in [5, 5.41) is 1.05. The lowest BCUT2D eigenvalue weighted by Crippen LogP contribution is -2.47. The lowest BCUT2D eigenvalue weighted by Gasteiger charge is -2.36. The number of fused-ring (bicyclic) bond motifs is 1. The fourth-order valence-corrected chi connectivity index (χ4v) is 4.79. The fourth-order valence-electron chi connectivity index (χ4n) is 4.79. The number of benzene rings is 3. The summed E-state index contributed by atoms with van der Waals surface area (Å²) in [5.74, 6) is 0.606. The van der Waals surface area contributed by atoms with Gasteiger partial charge in [-0.05, 0) is 59.3 Å². The molecule has 0 spiro atoms. The summed E-state index contributed by atoms with van der Waals surface area (Å²) in [6.45, 7) is 5.23. The van der Waals surface area contributed by atoms with Crippen molar-refractivity contribution >= 4 is 16.6 Å². The van der Waals surface area contributed by atoms with Crippen LogP contribution >= 0.6 is 0 Å². The molecule has 1 aliphatic heterocycles. The summed E-state index contributed by atoms with van der Waals surface area (Å²) in [6.07, 6.45) is 0.920. The Kier molecular flexibility index (Phi) is 6.82. The third kappa shape index (κ3) is 5.38. The third-order valence-corrected chi connectivity index (χ3v) is 6.79. The zero-order chi connectivity index (χ0) is 24.2. The molecule has 0 saturated carbocycles. The molecule has 0 N–H and O–H groups in total. The van der Waals surface area contributed by atoms with E-state index in [0.717, 1.165) is 72.6 Å². The number of anilines is 1. The largest absolute Gasteiger partial charge is 0.497 e. The Bertz CT molecular complexity index is 1360. The first-order valence-electron chi connectivity index (χ1n) is 12.1. The molecule has 4 aromatic rings. The minimum Gasteiger partial charge on any atom is -0.497 e. The molecule has 0 aliphatic carbocycles. The van der Waals surface area contributed by atoms with Crippen molar-refractivity contribution in [3.8, 4) is 5.75 Å². The minimum absolute atomic E-state index is 0.0113. The molecule has 1 fully saturated rings. The topological polar surface area (TPSA) is 37.7 Å². The van der Waals surface area contributed by atoms with Gasteiger partial charge in [0.05, 0.1) is 19.2 Å². The highest BCUT2D eigenvalue weighted by Crippen LogP contribution is 2.26. The van der Waals surface area contributed by atoms with Crippen molar-refractivity contribution in [1.29, 1.82) is 0 Å². The van der Waals surface area contributed by atoms with Gasteiger partial charge < -0.3 is 14.2 Å². The molecular formula is C29H30FN3O2. The van der Waals surface area contributed by atoms with E-state index in [1.54, 1.807) is 13.2 Å². The van der Waals surface area contributed by atoms with Gasteiger partial charge in [-0.2, -0.15) is 0 Å². The van der Waals surface area contributed by atoms with E-state index in [9.17, 15) is 9.18 Å². The van der Waals surface area contributed by atoms with Crippen LogP contribution in [-0.4, -0.2) is 49.3 Å². The first kappa shape index (κ1) is 23.1. The molecule has 0 amide bonds. The van der Waals surface area contributed by atoms with Crippen LogP contribution in [0.25, 0.3) is 10.9 Å². The zero-order valence-corrected chi connectivity index (χ0v) is 20.0. The number of pyridine rings is 1. The van der Waals surface area contributed by atoms with Crippen LogP contribution in [-0.2, 0) is 13.0 Å². The average molecular weight is 472 g/mol. The Morgan fingerprint density at radius 3 is 2.40 bits per heavy atom. The van der Waals surface area contributed by atoms with Gasteiger partial charge in [-0.1, -0.05) is 30.3 Å². The summed E-state index contributed by atoms with van der Waals surface area (Å²) >= 11 is 0. The number of piperazine rings is 1. The van der Waals surface area contributed by atoms with Crippen LogP contribution in [0, 0.1) is 5.82 Å². The van der Waals surface area contributed by atoms with Gasteiger partial charge in [0.25, 0.3) is 5.56 Å². The van der Waals surface area contributed by atoms with Crippen LogP contribution in [0.5, 0.6) is 5.75 Å². The van der Waals surface area contributed by atoms with Crippen molar-refractivity contribution in [1.82, 2.24) is 9.47 Å². The van der Waals surface area contributed by atoms with Gasteiger partial charge in [-0.3, -0.25) is 9.69 Å². The second-order valence-corrected chi connectivity index (χ2v) is 9.06. The molecule has 0 bridgehead atoms. The van der Waals surface area contributed by atoms with E-state index in [0.29, 0.717) is 6.54 Å².